The van der Waals surface area contributed by atoms with Gasteiger partial charge in [-0.1, -0.05) is 37.6 Å². The number of nitrogens with one attached hydrogen (secondary N) is 2. The number of nitrogens with zero attached hydrogens (tertiary/aromatic N) is 3. The molecule has 0 aliphatic rings. The molecule has 146 valence electrons. The molecule has 0 radical (unpaired) electrons. The molecule has 1 aromatic heterocycles. The molecule has 0 aliphatic carbocycles. The Hall–Kier alpha value is -2.30. The number of carbonyl (C=O) groups excluding carboxylic acids is 1. The predicted octanol–water partition coefficient (Wildman–Crippen LogP) is 3.10. The average molecular weight is 434 g/mol. The number of hydrogen-bond acceptors (Lipinski definition) is 6. The van der Waals surface area contributed by atoms with E-state index in [1.54, 1.807) is 7.05 Å². The van der Waals surface area contributed by atoms with E-state index in [9.17, 15) is 13.2 Å². The molecule has 27 heavy (non-hydrogen) atoms. The number of para-hydroxylation sites is 1. The van der Waals surface area contributed by atoms with E-state index in [1.807, 2.05) is 18.6 Å². The smallest absolute Gasteiger partial charge is 0.335 e. The summed E-state index contributed by atoms with van der Waals surface area (Å²) in [5, 5.41) is 6.07. The summed E-state index contributed by atoms with van der Waals surface area (Å²) >= 11 is 11.1. The minimum absolute atomic E-state index is 0.0217. The van der Waals surface area contributed by atoms with E-state index in [1.165, 1.54) is 28.9 Å². The van der Waals surface area contributed by atoms with Crippen LogP contribution in [0, 0.1) is 0 Å². The summed E-state index contributed by atoms with van der Waals surface area (Å²) < 4.78 is 33.5. The molecule has 0 atom stereocenters. The number of aromatic nitrogens is 3. The highest BCUT2D eigenvalue weighted by molar-refractivity contribution is 7.90. The van der Waals surface area contributed by atoms with Crippen molar-refractivity contribution in [3.63, 3.8) is 0 Å². The van der Waals surface area contributed by atoms with E-state index >= 15 is 0 Å². The molecule has 1 heterocycles. The molecule has 0 saturated carbocycles. The topological polar surface area (TPSA) is 115 Å². The van der Waals surface area contributed by atoms with Gasteiger partial charge in [-0.25, -0.2) is 17.9 Å². The molecule has 2 aromatic rings. The van der Waals surface area contributed by atoms with E-state index in [2.05, 4.69) is 15.4 Å². The second-order valence-corrected chi connectivity index (χ2v) is 7.84. The second-order valence-electron chi connectivity index (χ2n) is 5.59. The Bertz CT molecular complexity index is 972. The van der Waals surface area contributed by atoms with Crippen molar-refractivity contribution in [2.45, 2.75) is 24.7 Å². The SMILES string of the molecule is CC(C)c1nc(NC(=O)NS(=O)(=O)c2ccccc2OC(Cl)=CCl)nn1C. The summed E-state index contributed by atoms with van der Waals surface area (Å²) in [7, 11) is -2.59. The highest BCUT2D eigenvalue weighted by Crippen LogP contribution is 2.26. The van der Waals surface area contributed by atoms with Crippen LogP contribution in [0.1, 0.15) is 25.6 Å². The van der Waals surface area contributed by atoms with E-state index in [0.29, 0.717) is 5.82 Å². The van der Waals surface area contributed by atoms with Crippen LogP contribution < -0.4 is 14.8 Å². The number of rotatable bonds is 6. The van der Waals surface area contributed by atoms with Gasteiger partial charge in [-0.3, -0.25) is 10.00 Å². The third-order valence-electron chi connectivity index (χ3n) is 3.20. The Labute approximate surface area is 166 Å². The van der Waals surface area contributed by atoms with Gasteiger partial charge in [0.25, 0.3) is 10.0 Å². The number of urea groups is 1. The standard InChI is InChI=1S/C15H17Cl2N5O4S/c1-9(2)13-18-14(20-22(13)3)19-15(23)21-27(24,25)11-7-5-4-6-10(11)26-12(17)8-16/h4-9H,1-3H3,(H2,19,20,21,23). The Balaban J connectivity index is 2.19. The monoisotopic (exact) mass is 433 g/mol. The minimum atomic E-state index is -4.26. The molecular weight excluding hydrogens is 417 g/mol. The molecule has 2 rings (SSSR count). The van der Waals surface area contributed by atoms with Crippen molar-refractivity contribution in [2.75, 3.05) is 5.32 Å². The van der Waals surface area contributed by atoms with Crippen LogP contribution in [0.2, 0.25) is 0 Å². The van der Waals surface area contributed by atoms with Crippen molar-refractivity contribution in [1.82, 2.24) is 19.5 Å². The quantitative estimate of drug-likeness (QED) is 0.676. The van der Waals surface area contributed by atoms with Gasteiger partial charge in [-0.15, -0.1) is 5.10 Å². The van der Waals surface area contributed by atoms with Gasteiger partial charge in [0.2, 0.25) is 11.2 Å². The van der Waals surface area contributed by atoms with Crippen LogP contribution in [0.3, 0.4) is 0 Å². The van der Waals surface area contributed by atoms with Crippen molar-refractivity contribution in [3.05, 3.63) is 40.8 Å². The summed E-state index contributed by atoms with van der Waals surface area (Å²) in [5.74, 6) is 0.590. The Morgan fingerprint density at radius 3 is 2.59 bits per heavy atom. The van der Waals surface area contributed by atoms with Gasteiger partial charge in [-0.05, 0) is 23.7 Å². The van der Waals surface area contributed by atoms with Crippen molar-refractivity contribution < 1.29 is 17.9 Å². The molecule has 0 saturated heterocycles. The zero-order valence-corrected chi connectivity index (χ0v) is 16.9. The molecule has 0 fully saturated rings. The van der Waals surface area contributed by atoms with Gasteiger partial charge in [0, 0.05) is 13.0 Å². The maximum absolute atomic E-state index is 12.5. The molecule has 0 spiro atoms. The van der Waals surface area contributed by atoms with Gasteiger partial charge < -0.3 is 4.74 Å². The molecule has 1 aromatic carbocycles. The van der Waals surface area contributed by atoms with Crippen LogP contribution in [0.25, 0.3) is 0 Å². The molecule has 9 nitrogen and oxygen atoms in total. The summed E-state index contributed by atoms with van der Waals surface area (Å²) in [4.78, 5) is 15.9. The highest BCUT2D eigenvalue weighted by Gasteiger charge is 2.23. The fourth-order valence-electron chi connectivity index (χ4n) is 2.14. The Kier molecular flexibility index (Phi) is 6.68. The number of halogens is 2. The largest absolute Gasteiger partial charge is 0.443 e. The van der Waals surface area contributed by atoms with Gasteiger partial charge in [0.1, 0.15) is 16.5 Å². The highest BCUT2D eigenvalue weighted by atomic mass is 35.5. The van der Waals surface area contributed by atoms with Crippen LogP contribution in [0.4, 0.5) is 10.7 Å². The normalized spacial score (nSPS) is 12.1. The first kappa shape index (κ1) is 21.0. The minimum Gasteiger partial charge on any atom is -0.443 e. The van der Waals surface area contributed by atoms with Gasteiger partial charge in [-0.2, -0.15) is 4.98 Å². The third kappa shape index (κ3) is 5.34. The molecule has 12 heteroatoms. The maximum atomic E-state index is 12.5. The first-order chi connectivity index (χ1) is 12.6. The number of hydrogen-bond donors (Lipinski definition) is 2. The summed E-state index contributed by atoms with van der Waals surface area (Å²) in [6, 6.07) is 4.60. The second kappa shape index (κ2) is 8.59. The Morgan fingerprint density at radius 2 is 2.00 bits per heavy atom. The van der Waals surface area contributed by atoms with Crippen LogP contribution in [-0.4, -0.2) is 29.2 Å². The van der Waals surface area contributed by atoms with E-state index in [0.717, 1.165) is 5.54 Å². The van der Waals surface area contributed by atoms with Crippen LogP contribution >= 0.6 is 23.2 Å². The lowest BCUT2D eigenvalue weighted by molar-refractivity contribution is 0.256. The number of amides is 2. The Morgan fingerprint density at radius 1 is 1.33 bits per heavy atom. The van der Waals surface area contributed by atoms with Gasteiger partial charge in [0.15, 0.2) is 0 Å². The molecule has 0 unspecified atom stereocenters. The molecule has 2 N–H and O–H groups in total. The number of sulfonamides is 1. The van der Waals surface area contributed by atoms with Gasteiger partial charge in [0.05, 0.1) is 5.54 Å². The average Bonchev–Trinajstić information content (AvgIpc) is 2.94. The molecule has 2 amide bonds. The predicted molar refractivity (Wildman–Crippen MR) is 101 cm³/mol. The van der Waals surface area contributed by atoms with Crippen molar-refractivity contribution in [2.24, 2.45) is 7.05 Å². The van der Waals surface area contributed by atoms with E-state index in [4.69, 9.17) is 27.9 Å². The van der Waals surface area contributed by atoms with Crippen molar-refractivity contribution in [1.29, 1.82) is 0 Å². The summed E-state index contributed by atoms with van der Waals surface area (Å²) in [5.41, 5.74) is 0.935. The number of aryl methyl sites for hydroxylation is 1. The lowest BCUT2D eigenvalue weighted by Crippen LogP contribution is -2.34. The van der Waals surface area contributed by atoms with Crippen LogP contribution in [0.15, 0.2) is 39.9 Å². The lowest BCUT2D eigenvalue weighted by Gasteiger charge is -2.11. The lowest BCUT2D eigenvalue weighted by atomic mass is 10.2. The zero-order valence-electron chi connectivity index (χ0n) is 14.6. The summed E-state index contributed by atoms with van der Waals surface area (Å²) in [6.07, 6.45) is 0. The number of anilines is 1. The number of ether oxygens (including phenoxy) is 1. The fraction of sp³-hybridized carbons (Fsp3) is 0.267. The molecule has 0 aliphatic heterocycles. The maximum Gasteiger partial charge on any atom is 0.335 e. The van der Waals surface area contributed by atoms with Crippen LogP contribution in [0.5, 0.6) is 5.75 Å². The van der Waals surface area contributed by atoms with Crippen molar-refractivity contribution >= 4 is 45.2 Å². The molecular formula is C15H17Cl2N5O4S. The zero-order chi connectivity index (χ0) is 20.2. The summed E-state index contributed by atoms with van der Waals surface area (Å²) in [6.45, 7) is 3.82. The first-order valence-corrected chi connectivity index (χ1v) is 9.91. The fourth-order valence-corrected chi connectivity index (χ4v) is 3.31. The number of carbonyl (C=O) groups is 1. The van der Waals surface area contributed by atoms with E-state index < -0.39 is 16.1 Å². The molecule has 0 bridgehead atoms. The van der Waals surface area contributed by atoms with Gasteiger partial charge >= 0.3 is 6.03 Å². The third-order valence-corrected chi connectivity index (χ3v) is 5.06. The number of benzene rings is 1. The first-order valence-electron chi connectivity index (χ1n) is 7.61. The van der Waals surface area contributed by atoms with Crippen LogP contribution in [-0.2, 0) is 17.1 Å². The van der Waals surface area contributed by atoms with Crippen molar-refractivity contribution in [3.8, 4) is 5.75 Å². The van der Waals surface area contributed by atoms with E-state index in [-0.39, 0.29) is 27.7 Å².